The maximum Gasteiger partial charge on any atom is 0.308 e. The van der Waals surface area contributed by atoms with Crippen LogP contribution in [-0.2, 0) is 9.63 Å². The zero-order chi connectivity index (χ0) is 24.6. The number of carboxylic acids is 1. The first-order valence-electron chi connectivity index (χ1n) is 11.8. The van der Waals surface area contributed by atoms with E-state index in [1.807, 2.05) is 41.8 Å². The number of thiophene rings is 1. The van der Waals surface area contributed by atoms with E-state index in [2.05, 4.69) is 27.2 Å². The first kappa shape index (κ1) is 25.1. The molecule has 4 rings (SSSR count). The Hall–Kier alpha value is -2.96. The quantitative estimate of drug-likeness (QED) is 0.339. The highest BCUT2D eigenvalue weighted by molar-refractivity contribution is 7.10. The maximum absolute atomic E-state index is 12.1. The molecule has 1 aliphatic rings. The van der Waals surface area contributed by atoms with Gasteiger partial charge in [-0.15, -0.1) is 11.3 Å². The SMILES string of the molecule is CON[C@H](CC[C@@H]1CCN(CC#Cc2cccs2)C[C@@H]1C(=O)O)c1ccnc2ccc(OC)cc12. The van der Waals surface area contributed by atoms with Gasteiger partial charge in [-0.25, -0.2) is 0 Å². The number of benzene rings is 1. The Morgan fingerprint density at radius 3 is 2.97 bits per heavy atom. The first-order valence-corrected chi connectivity index (χ1v) is 12.7. The van der Waals surface area contributed by atoms with E-state index >= 15 is 0 Å². The molecule has 8 heteroatoms. The van der Waals surface area contributed by atoms with E-state index in [1.165, 1.54) is 0 Å². The number of aliphatic carboxylic acids is 1. The lowest BCUT2D eigenvalue weighted by atomic mass is 9.81. The highest BCUT2D eigenvalue weighted by Crippen LogP contribution is 2.33. The van der Waals surface area contributed by atoms with Crippen molar-refractivity contribution in [2.75, 3.05) is 33.9 Å². The van der Waals surface area contributed by atoms with Gasteiger partial charge in [0.25, 0.3) is 0 Å². The second-order valence-electron chi connectivity index (χ2n) is 8.74. The van der Waals surface area contributed by atoms with Crippen LogP contribution in [0.1, 0.15) is 35.7 Å². The number of likely N-dealkylation sites (tertiary alicyclic amines) is 1. The maximum atomic E-state index is 12.1. The monoisotopic (exact) mass is 493 g/mol. The van der Waals surface area contributed by atoms with Crippen LogP contribution in [0, 0.1) is 23.7 Å². The Kier molecular flexibility index (Phi) is 8.72. The molecule has 0 saturated carbocycles. The molecule has 1 saturated heterocycles. The van der Waals surface area contributed by atoms with E-state index < -0.39 is 11.9 Å². The molecule has 2 N–H and O–H groups in total. The molecule has 1 fully saturated rings. The lowest BCUT2D eigenvalue weighted by molar-refractivity contribution is -0.146. The normalized spacial score (nSPS) is 19.1. The Balaban J connectivity index is 1.44. The highest BCUT2D eigenvalue weighted by Gasteiger charge is 2.34. The van der Waals surface area contributed by atoms with E-state index in [1.54, 1.807) is 31.8 Å². The topological polar surface area (TPSA) is 83.9 Å². The second-order valence-corrected chi connectivity index (χ2v) is 9.69. The molecular weight excluding hydrogens is 462 g/mol. The number of nitrogens with one attached hydrogen (secondary N) is 1. The number of fused-ring (bicyclic) bond motifs is 1. The molecule has 184 valence electrons. The molecule has 3 atom stereocenters. The molecule has 0 bridgehead atoms. The number of carbonyl (C=O) groups is 1. The summed E-state index contributed by atoms with van der Waals surface area (Å²) >= 11 is 1.62. The summed E-state index contributed by atoms with van der Waals surface area (Å²) < 4.78 is 5.41. The summed E-state index contributed by atoms with van der Waals surface area (Å²) in [6.07, 6.45) is 4.16. The van der Waals surface area contributed by atoms with Gasteiger partial charge < -0.3 is 14.7 Å². The van der Waals surface area contributed by atoms with Crippen LogP contribution in [-0.4, -0.2) is 54.8 Å². The van der Waals surface area contributed by atoms with Gasteiger partial charge in [0.1, 0.15) is 5.75 Å². The standard InChI is InChI=1S/C27H31N3O4S/c1-33-20-8-10-25-23(17-20)22(11-13-28-25)26(29-34-2)9-7-19-12-15-30(18-24(19)27(31)32)14-3-5-21-6-4-16-35-21/h4,6,8,10-11,13,16-17,19,24,26,29H,7,9,12,14-15,18H2,1-2H3,(H,31,32)/t19-,24+,26-/m1/s1. The van der Waals surface area contributed by atoms with Gasteiger partial charge in [-0.05, 0) is 73.0 Å². The molecule has 2 aromatic heterocycles. The Bertz CT molecular complexity index is 1190. The number of piperidine rings is 1. The zero-order valence-corrected chi connectivity index (χ0v) is 20.9. The van der Waals surface area contributed by atoms with Gasteiger partial charge >= 0.3 is 5.97 Å². The van der Waals surface area contributed by atoms with Crippen LogP contribution in [0.15, 0.2) is 48.0 Å². The minimum absolute atomic E-state index is 0.0952. The van der Waals surface area contributed by atoms with Gasteiger partial charge in [0, 0.05) is 18.1 Å². The van der Waals surface area contributed by atoms with E-state index in [-0.39, 0.29) is 12.0 Å². The van der Waals surface area contributed by atoms with Crippen molar-refractivity contribution in [2.45, 2.75) is 25.3 Å². The lowest BCUT2D eigenvalue weighted by Gasteiger charge is -2.36. The molecule has 0 spiro atoms. The number of rotatable bonds is 9. The van der Waals surface area contributed by atoms with Gasteiger partial charge in [-0.3, -0.25) is 14.7 Å². The van der Waals surface area contributed by atoms with Gasteiger partial charge in [-0.2, -0.15) is 5.48 Å². The fourth-order valence-corrected chi connectivity index (χ4v) is 5.40. The van der Waals surface area contributed by atoms with E-state index in [0.717, 1.165) is 52.9 Å². The first-order chi connectivity index (χ1) is 17.1. The molecule has 0 unspecified atom stereocenters. The number of aromatic nitrogens is 1. The third-order valence-electron chi connectivity index (χ3n) is 6.64. The summed E-state index contributed by atoms with van der Waals surface area (Å²) in [5, 5.41) is 13.0. The molecule has 3 aromatic rings. The summed E-state index contributed by atoms with van der Waals surface area (Å²) in [7, 11) is 3.25. The molecule has 3 heterocycles. The number of ether oxygens (including phenoxy) is 1. The predicted octanol–water partition coefficient (Wildman–Crippen LogP) is 4.35. The van der Waals surface area contributed by atoms with Crippen molar-refractivity contribution in [3.05, 3.63) is 58.4 Å². The average molecular weight is 494 g/mol. The highest BCUT2D eigenvalue weighted by atomic mass is 32.1. The van der Waals surface area contributed by atoms with Gasteiger partial charge in [0.05, 0.1) is 43.1 Å². The number of hydrogen-bond donors (Lipinski definition) is 2. The smallest absolute Gasteiger partial charge is 0.308 e. The number of hydroxylamine groups is 1. The predicted molar refractivity (Wildman–Crippen MR) is 137 cm³/mol. The van der Waals surface area contributed by atoms with E-state index in [9.17, 15) is 9.90 Å². The summed E-state index contributed by atoms with van der Waals surface area (Å²) in [6, 6.07) is 11.7. The number of pyridine rings is 1. The van der Waals surface area contributed by atoms with Crippen LogP contribution in [0.5, 0.6) is 5.75 Å². The van der Waals surface area contributed by atoms with E-state index in [0.29, 0.717) is 13.1 Å². The van der Waals surface area contributed by atoms with Gasteiger partial charge in [0.15, 0.2) is 0 Å². The molecule has 0 aliphatic carbocycles. The molecular formula is C27H31N3O4S. The van der Waals surface area contributed by atoms with Crippen molar-refractivity contribution in [2.24, 2.45) is 11.8 Å². The van der Waals surface area contributed by atoms with Crippen LogP contribution < -0.4 is 10.2 Å². The lowest BCUT2D eigenvalue weighted by Crippen LogP contribution is -2.44. The van der Waals surface area contributed by atoms with Crippen LogP contribution >= 0.6 is 11.3 Å². The van der Waals surface area contributed by atoms with Crippen molar-refractivity contribution in [3.8, 4) is 17.6 Å². The average Bonchev–Trinajstić information content (AvgIpc) is 3.40. The Morgan fingerprint density at radius 1 is 1.34 bits per heavy atom. The van der Waals surface area contributed by atoms with Gasteiger partial charge in [0.2, 0.25) is 0 Å². The third-order valence-corrected chi connectivity index (χ3v) is 7.42. The largest absolute Gasteiger partial charge is 0.497 e. The fourth-order valence-electron chi connectivity index (χ4n) is 4.80. The summed E-state index contributed by atoms with van der Waals surface area (Å²) in [5.74, 6) is 6.08. The van der Waals surface area contributed by atoms with Crippen molar-refractivity contribution >= 4 is 28.2 Å². The van der Waals surface area contributed by atoms with Crippen LogP contribution in [0.3, 0.4) is 0 Å². The Labute approximate surface area is 210 Å². The number of hydrogen-bond acceptors (Lipinski definition) is 7. The molecule has 0 amide bonds. The van der Waals surface area contributed by atoms with Crippen molar-refractivity contribution in [1.82, 2.24) is 15.4 Å². The zero-order valence-electron chi connectivity index (χ0n) is 20.1. The third kappa shape index (κ3) is 6.38. The molecule has 1 aromatic carbocycles. The molecule has 0 radical (unpaired) electrons. The fraction of sp³-hybridized carbons (Fsp3) is 0.407. The number of methoxy groups -OCH3 is 1. The van der Waals surface area contributed by atoms with Gasteiger partial charge in [-0.1, -0.05) is 17.9 Å². The van der Waals surface area contributed by atoms with Crippen LogP contribution in [0.4, 0.5) is 0 Å². The molecule has 35 heavy (non-hydrogen) atoms. The van der Waals surface area contributed by atoms with Crippen molar-refractivity contribution in [1.29, 1.82) is 0 Å². The minimum Gasteiger partial charge on any atom is -0.497 e. The summed E-state index contributed by atoms with van der Waals surface area (Å²) in [5.41, 5.74) is 5.06. The van der Waals surface area contributed by atoms with Crippen molar-refractivity contribution < 1.29 is 19.5 Å². The molecule has 1 aliphatic heterocycles. The minimum atomic E-state index is -0.735. The summed E-state index contributed by atoms with van der Waals surface area (Å²) in [4.78, 5) is 25.1. The van der Waals surface area contributed by atoms with Crippen molar-refractivity contribution in [3.63, 3.8) is 0 Å². The van der Waals surface area contributed by atoms with Crippen LogP contribution in [0.2, 0.25) is 0 Å². The Morgan fingerprint density at radius 2 is 2.23 bits per heavy atom. The van der Waals surface area contributed by atoms with E-state index in [4.69, 9.17) is 9.57 Å². The van der Waals surface area contributed by atoms with Crippen LogP contribution in [0.25, 0.3) is 10.9 Å². The second kappa shape index (κ2) is 12.1. The number of carboxylic acid groups (broad SMARTS) is 1. The molecule has 7 nitrogen and oxygen atoms in total. The summed E-state index contributed by atoms with van der Waals surface area (Å²) in [6.45, 7) is 1.97. The number of nitrogens with zero attached hydrogens (tertiary/aromatic N) is 2.